The van der Waals surface area contributed by atoms with Crippen LogP contribution in [0.25, 0.3) is 0 Å². The number of carbonyl (C=O) groups is 1. The van der Waals surface area contributed by atoms with Crippen molar-refractivity contribution in [3.63, 3.8) is 0 Å². The predicted octanol–water partition coefficient (Wildman–Crippen LogP) is 2.59. The summed E-state index contributed by atoms with van der Waals surface area (Å²) in [4.78, 5) is 15.4. The lowest BCUT2D eigenvalue weighted by Crippen LogP contribution is -2.03. The number of hydrogen-bond acceptors (Lipinski definition) is 4. The van der Waals surface area contributed by atoms with Crippen molar-refractivity contribution in [1.82, 2.24) is 4.98 Å². The Kier molecular flexibility index (Phi) is 4.91. The van der Waals surface area contributed by atoms with Gasteiger partial charge in [-0.05, 0) is 12.1 Å². The fraction of sp³-hybridized carbons (Fsp3) is 0.400. The van der Waals surface area contributed by atoms with Crippen LogP contribution in [-0.2, 0) is 4.74 Å². The monoisotopic (exact) mass is 245 g/mol. The number of esters is 1. The van der Waals surface area contributed by atoms with E-state index in [4.69, 9.17) is 11.6 Å². The van der Waals surface area contributed by atoms with E-state index in [1.165, 1.54) is 18.9 Å². The third-order valence-electron chi connectivity index (χ3n) is 1.70. The first-order chi connectivity index (χ1) is 7.17. The van der Waals surface area contributed by atoms with E-state index in [0.29, 0.717) is 11.4 Å². The highest BCUT2D eigenvalue weighted by Crippen LogP contribution is 2.22. The van der Waals surface area contributed by atoms with E-state index in [2.05, 4.69) is 9.72 Å². The molecule has 0 aliphatic heterocycles. The molecular weight excluding hydrogens is 234 g/mol. The number of aromatic nitrogens is 1. The zero-order valence-corrected chi connectivity index (χ0v) is 10.1. The van der Waals surface area contributed by atoms with Crippen LogP contribution in [-0.4, -0.2) is 29.2 Å². The maximum atomic E-state index is 11.2. The molecule has 0 N–H and O–H groups in total. The summed E-state index contributed by atoms with van der Waals surface area (Å²) >= 11 is 7.23. The highest BCUT2D eigenvalue weighted by atomic mass is 35.5. The summed E-state index contributed by atoms with van der Waals surface area (Å²) in [6.07, 6.45) is 1.59. The Morgan fingerprint density at radius 3 is 3.07 bits per heavy atom. The maximum Gasteiger partial charge on any atom is 0.337 e. The molecule has 0 saturated heterocycles. The minimum Gasteiger partial charge on any atom is -0.465 e. The number of pyridine rings is 1. The van der Waals surface area contributed by atoms with Gasteiger partial charge in [0.1, 0.15) is 0 Å². The minimum atomic E-state index is -0.349. The first-order valence-corrected chi connectivity index (χ1v) is 5.85. The molecule has 0 spiro atoms. The standard InChI is InChI=1S/C10H12ClNO2S/c1-7(6-11)15-9-5-8(3-4-12-9)10(13)14-2/h3-5,7H,6H2,1-2H3. The zero-order chi connectivity index (χ0) is 11.3. The van der Waals surface area contributed by atoms with Crippen molar-refractivity contribution in [1.29, 1.82) is 0 Å². The van der Waals surface area contributed by atoms with E-state index in [0.717, 1.165) is 5.03 Å². The number of nitrogens with zero attached hydrogens (tertiary/aromatic N) is 1. The smallest absolute Gasteiger partial charge is 0.337 e. The number of alkyl halides is 1. The highest BCUT2D eigenvalue weighted by molar-refractivity contribution is 7.99. The molecule has 15 heavy (non-hydrogen) atoms. The van der Waals surface area contributed by atoms with Crippen molar-refractivity contribution in [2.24, 2.45) is 0 Å². The molecule has 1 aromatic rings. The van der Waals surface area contributed by atoms with Gasteiger partial charge in [0.15, 0.2) is 0 Å². The molecule has 0 amide bonds. The Morgan fingerprint density at radius 2 is 2.47 bits per heavy atom. The van der Waals surface area contributed by atoms with Gasteiger partial charge in [0.05, 0.1) is 17.7 Å². The van der Waals surface area contributed by atoms with Gasteiger partial charge in [-0.3, -0.25) is 0 Å². The Morgan fingerprint density at radius 1 is 1.73 bits per heavy atom. The number of methoxy groups -OCH3 is 1. The lowest BCUT2D eigenvalue weighted by atomic mass is 10.3. The quantitative estimate of drug-likeness (QED) is 0.464. The second-order valence-electron chi connectivity index (χ2n) is 2.96. The van der Waals surface area contributed by atoms with Crippen molar-refractivity contribution in [2.45, 2.75) is 17.2 Å². The molecule has 0 aromatic carbocycles. The zero-order valence-electron chi connectivity index (χ0n) is 8.57. The van der Waals surface area contributed by atoms with E-state index in [-0.39, 0.29) is 11.2 Å². The van der Waals surface area contributed by atoms with Gasteiger partial charge in [0, 0.05) is 17.3 Å². The van der Waals surface area contributed by atoms with E-state index >= 15 is 0 Å². The number of halogens is 1. The highest BCUT2D eigenvalue weighted by Gasteiger charge is 2.09. The molecule has 0 aliphatic rings. The van der Waals surface area contributed by atoms with E-state index in [1.807, 2.05) is 6.92 Å². The molecule has 0 aliphatic carbocycles. The van der Waals surface area contributed by atoms with Crippen LogP contribution in [0.1, 0.15) is 17.3 Å². The van der Waals surface area contributed by atoms with Crippen LogP contribution in [0.4, 0.5) is 0 Å². The van der Waals surface area contributed by atoms with Gasteiger partial charge in [-0.15, -0.1) is 23.4 Å². The molecule has 1 heterocycles. The van der Waals surface area contributed by atoms with Crippen molar-refractivity contribution in [3.05, 3.63) is 23.9 Å². The van der Waals surface area contributed by atoms with Crippen LogP contribution in [0.15, 0.2) is 23.4 Å². The number of hydrogen-bond donors (Lipinski definition) is 0. The van der Waals surface area contributed by atoms with Crippen LogP contribution in [0, 0.1) is 0 Å². The predicted molar refractivity (Wildman–Crippen MR) is 61.6 cm³/mol. The summed E-state index contributed by atoms with van der Waals surface area (Å²) in [6, 6.07) is 3.33. The van der Waals surface area contributed by atoms with Gasteiger partial charge < -0.3 is 4.74 Å². The molecule has 0 radical (unpaired) electrons. The fourth-order valence-electron chi connectivity index (χ4n) is 0.956. The summed E-state index contributed by atoms with van der Waals surface area (Å²) in [5.41, 5.74) is 0.511. The SMILES string of the molecule is COC(=O)c1ccnc(SC(C)CCl)c1. The number of rotatable bonds is 4. The molecule has 0 saturated carbocycles. The average molecular weight is 246 g/mol. The molecule has 5 heteroatoms. The van der Waals surface area contributed by atoms with E-state index in [1.54, 1.807) is 18.3 Å². The number of thioether (sulfide) groups is 1. The molecule has 1 atom stereocenters. The van der Waals surface area contributed by atoms with Crippen LogP contribution in [0.3, 0.4) is 0 Å². The normalized spacial score (nSPS) is 12.2. The summed E-state index contributed by atoms with van der Waals surface area (Å²) < 4.78 is 4.62. The fourth-order valence-corrected chi connectivity index (χ4v) is 1.94. The lowest BCUT2D eigenvalue weighted by Gasteiger charge is -2.06. The molecule has 1 unspecified atom stereocenters. The third-order valence-corrected chi connectivity index (χ3v) is 3.37. The van der Waals surface area contributed by atoms with E-state index < -0.39 is 0 Å². The van der Waals surface area contributed by atoms with Gasteiger partial charge in [-0.25, -0.2) is 9.78 Å². The van der Waals surface area contributed by atoms with Crippen molar-refractivity contribution in [2.75, 3.05) is 13.0 Å². The molecule has 3 nitrogen and oxygen atoms in total. The summed E-state index contributed by atoms with van der Waals surface area (Å²) in [5.74, 6) is 0.201. The lowest BCUT2D eigenvalue weighted by molar-refractivity contribution is 0.0600. The molecule has 0 fully saturated rings. The molecule has 1 rings (SSSR count). The third kappa shape index (κ3) is 3.72. The molecular formula is C10H12ClNO2S. The summed E-state index contributed by atoms with van der Waals surface area (Å²) in [6.45, 7) is 2.00. The van der Waals surface area contributed by atoms with Crippen LogP contribution >= 0.6 is 23.4 Å². The van der Waals surface area contributed by atoms with Gasteiger partial charge in [0.2, 0.25) is 0 Å². The second kappa shape index (κ2) is 5.98. The van der Waals surface area contributed by atoms with Gasteiger partial charge >= 0.3 is 5.97 Å². The van der Waals surface area contributed by atoms with Gasteiger partial charge in [-0.1, -0.05) is 6.92 Å². The Balaban J connectivity index is 2.78. The summed E-state index contributed by atoms with van der Waals surface area (Å²) in [7, 11) is 1.36. The van der Waals surface area contributed by atoms with Gasteiger partial charge in [-0.2, -0.15) is 0 Å². The minimum absolute atomic E-state index is 0.270. The first kappa shape index (κ1) is 12.3. The van der Waals surface area contributed by atoms with Crippen LogP contribution < -0.4 is 0 Å². The molecule has 1 aromatic heterocycles. The average Bonchev–Trinajstić information content (AvgIpc) is 2.28. The Hall–Kier alpha value is -0.740. The van der Waals surface area contributed by atoms with Crippen LogP contribution in [0.5, 0.6) is 0 Å². The number of ether oxygens (including phenoxy) is 1. The van der Waals surface area contributed by atoms with E-state index in [9.17, 15) is 4.79 Å². The Labute approximate surface area is 98.2 Å². The van der Waals surface area contributed by atoms with Crippen LogP contribution in [0.2, 0.25) is 0 Å². The topological polar surface area (TPSA) is 39.2 Å². The van der Waals surface area contributed by atoms with Crippen molar-refractivity contribution >= 4 is 29.3 Å². The molecule has 0 bridgehead atoms. The summed E-state index contributed by atoms with van der Waals surface area (Å²) in [5, 5.41) is 1.05. The molecule has 82 valence electrons. The Bertz CT molecular complexity index is 346. The van der Waals surface area contributed by atoms with Gasteiger partial charge in [0.25, 0.3) is 0 Å². The second-order valence-corrected chi connectivity index (χ2v) is 4.72. The maximum absolute atomic E-state index is 11.2. The first-order valence-electron chi connectivity index (χ1n) is 4.44. The van der Waals surface area contributed by atoms with Crippen molar-refractivity contribution in [3.8, 4) is 0 Å². The largest absolute Gasteiger partial charge is 0.465 e. The van der Waals surface area contributed by atoms with Crippen molar-refractivity contribution < 1.29 is 9.53 Å². The number of carbonyl (C=O) groups excluding carboxylic acids is 1.